The van der Waals surface area contributed by atoms with Gasteiger partial charge in [0, 0.05) is 23.5 Å². The first-order valence-electron chi connectivity index (χ1n) is 7.92. The molecule has 1 aromatic heterocycles. The number of nitrogens with zero attached hydrogens (tertiary/aromatic N) is 2. The first-order chi connectivity index (χ1) is 12.7. The number of nitrogens with one attached hydrogen (secondary N) is 1. The van der Waals surface area contributed by atoms with Crippen molar-refractivity contribution in [3.63, 3.8) is 0 Å². The van der Waals surface area contributed by atoms with E-state index in [0.29, 0.717) is 23.5 Å². The maximum absolute atomic E-state index is 12.9. The van der Waals surface area contributed by atoms with Crippen LogP contribution < -0.4 is 10.2 Å². The molecule has 26 heavy (non-hydrogen) atoms. The zero-order valence-electron chi connectivity index (χ0n) is 13.8. The van der Waals surface area contributed by atoms with Gasteiger partial charge in [-0.3, -0.25) is 9.78 Å². The van der Waals surface area contributed by atoms with Gasteiger partial charge in [-0.2, -0.15) is 5.10 Å². The van der Waals surface area contributed by atoms with Gasteiger partial charge in [-0.1, -0.05) is 24.3 Å². The van der Waals surface area contributed by atoms with E-state index in [4.69, 9.17) is 4.74 Å². The Balaban J connectivity index is 1.63. The lowest BCUT2D eigenvalue weighted by Gasteiger charge is -2.09. The molecule has 1 N–H and O–H groups in total. The second-order valence-corrected chi connectivity index (χ2v) is 5.39. The third-order valence-corrected chi connectivity index (χ3v) is 3.54. The zero-order chi connectivity index (χ0) is 18.2. The molecule has 0 fully saturated rings. The number of halogens is 1. The summed E-state index contributed by atoms with van der Waals surface area (Å²) in [5.41, 5.74) is 4.49. The van der Waals surface area contributed by atoms with Gasteiger partial charge in [0.2, 0.25) is 0 Å². The lowest BCUT2D eigenvalue weighted by molar-refractivity contribution is 0.0955. The molecule has 0 bridgehead atoms. The Morgan fingerprint density at radius 2 is 1.81 bits per heavy atom. The van der Waals surface area contributed by atoms with E-state index in [0.717, 1.165) is 5.56 Å². The van der Waals surface area contributed by atoms with E-state index in [9.17, 15) is 9.18 Å². The fraction of sp³-hybridized carbons (Fsp3) is 0.0500. The summed E-state index contributed by atoms with van der Waals surface area (Å²) in [6, 6.07) is 16.6. The summed E-state index contributed by atoms with van der Waals surface area (Å²) in [6.07, 6.45) is 4.59. The third kappa shape index (κ3) is 4.73. The van der Waals surface area contributed by atoms with Gasteiger partial charge < -0.3 is 4.74 Å². The molecule has 0 saturated carbocycles. The van der Waals surface area contributed by atoms with Crippen LogP contribution in [0, 0.1) is 5.82 Å². The van der Waals surface area contributed by atoms with Gasteiger partial charge in [-0.15, -0.1) is 0 Å². The fourth-order valence-corrected chi connectivity index (χ4v) is 2.19. The number of pyridine rings is 1. The summed E-state index contributed by atoms with van der Waals surface area (Å²) in [4.78, 5) is 15.8. The van der Waals surface area contributed by atoms with E-state index in [1.165, 1.54) is 30.7 Å². The topological polar surface area (TPSA) is 63.6 Å². The SMILES string of the molecule is O=C(N/N=C/c1ccccc1OCc1ccc(F)cc1)c1ccncc1. The van der Waals surface area contributed by atoms with Crippen molar-refractivity contribution >= 4 is 12.1 Å². The van der Waals surface area contributed by atoms with Gasteiger partial charge in [0.1, 0.15) is 18.2 Å². The highest BCUT2D eigenvalue weighted by molar-refractivity contribution is 5.94. The molecule has 2 aromatic carbocycles. The molecule has 6 heteroatoms. The molecule has 0 saturated heterocycles. The van der Waals surface area contributed by atoms with Gasteiger partial charge in [0.25, 0.3) is 5.91 Å². The second kappa shape index (κ2) is 8.53. The summed E-state index contributed by atoms with van der Waals surface area (Å²) < 4.78 is 18.7. The number of carbonyl (C=O) groups excluding carboxylic acids is 1. The molecular weight excluding hydrogens is 333 g/mol. The van der Waals surface area contributed by atoms with Crippen LogP contribution >= 0.6 is 0 Å². The number of ether oxygens (including phenoxy) is 1. The molecule has 0 radical (unpaired) electrons. The molecule has 3 rings (SSSR count). The Hall–Kier alpha value is -3.54. The molecule has 3 aromatic rings. The zero-order valence-corrected chi connectivity index (χ0v) is 13.8. The van der Waals surface area contributed by atoms with Gasteiger partial charge in [-0.25, -0.2) is 9.82 Å². The highest BCUT2D eigenvalue weighted by Crippen LogP contribution is 2.17. The average molecular weight is 349 g/mol. The Morgan fingerprint density at radius 3 is 2.58 bits per heavy atom. The summed E-state index contributed by atoms with van der Waals surface area (Å²) in [7, 11) is 0. The van der Waals surface area contributed by atoms with Gasteiger partial charge >= 0.3 is 0 Å². The van der Waals surface area contributed by atoms with E-state index >= 15 is 0 Å². The number of hydrogen-bond donors (Lipinski definition) is 1. The smallest absolute Gasteiger partial charge is 0.271 e. The highest BCUT2D eigenvalue weighted by atomic mass is 19.1. The van der Waals surface area contributed by atoms with Crippen LogP contribution in [0.4, 0.5) is 4.39 Å². The predicted octanol–water partition coefficient (Wildman–Crippen LogP) is 3.56. The first kappa shape index (κ1) is 17.3. The van der Waals surface area contributed by atoms with Crippen LogP contribution in [-0.4, -0.2) is 17.1 Å². The third-order valence-electron chi connectivity index (χ3n) is 3.54. The summed E-state index contributed by atoms with van der Waals surface area (Å²) in [5, 5.41) is 3.97. The monoisotopic (exact) mass is 349 g/mol. The molecule has 5 nitrogen and oxygen atoms in total. The normalized spacial score (nSPS) is 10.7. The number of benzene rings is 2. The van der Waals surface area contributed by atoms with Crippen LogP contribution in [0.15, 0.2) is 78.2 Å². The lowest BCUT2D eigenvalue weighted by atomic mass is 10.2. The van der Waals surface area contributed by atoms with Crippen molar-refractivity contribution in [2.75, 3.05) is 0 Å². The summed E-state index contributed by atoms with van der Waals surface area (Å²) in [5.74, 6) is -0.00156. The van der Waals surface area contributed by atoms with Crippen LogP contribution in [0.1, 0.15) is 21.5 Å². The van der Waals surface area contributed by atoms with Crippen molar-refractivity contribution in [3.8, 4) is 5.75 Å². The second-order valence-electron chi connectivity index (χ2n) is 5.39. The maximum Gasteiger partial charge on any atom is 0.271 e. The Bertz CT molecular complexity index is 896. The molecule has 0 aliphatic rings. The van der Waals surface area contributed by atoms with E-state index in [2.05, 4.69) is 15.5 Å². The van der Waals surface area contributed by atoms with Crippen molar-refractivity contribution in [1.82, 2.24) is 10.4 Å². The number of hydrazone groups is 1. The minimum atomic E-state index is -0.326. The number of hydrogen-bond acceptors (Lipinski definition) is 4. The van der Waals surface area contributed by atoms with Crippen molar-refractivity contribution in [1.29, 1.82) is 0 Å². The summed E-state index contributed by atoms with van der Waals surface area (Å²) >= 11 is 0. The van der Waals surface area contributed by atoms with Crippen molar-refractivity contribution in [2.45, 2.75) is 6.61 Å². The molecule has 130 valence electrons. The number of carbonyl (C=O) groups is 1. The van der Waals surface area contributed by atoms with E-state index in [-0.39, 0.29) is 11.7 Å². The largest absolute Gasteiger partial charge is 0.488 e. The predicted molar refractivity (Wildman–Crippen MR) is 96.5 cm³/mol. The number of amides is 1. The minimum Gasteiger partial charge on any atom is -0.488 e. The number of aromatic nitrogens is 1. The average Bonchev–Trinajstić information content (AvgIpc) is 2.69. The molecule has 0 spiro atoms. The van der Waals surface area contributed by atoms with Crippen molar-refractivity contribution < 1.29 is 13.9 Å². The standard InChI is InChI=1S/C20H16FN3O2/c21-18-7-5-15(6-8-18)14-26-19-4-2-1-3-17(19)13-23-24-20(25)16-9-11-22-12-10-16/h1-13H,14H2,(H,24,25)/b23-13+. The molecule has 0 unspecified atom stereocenters. The highest BCUT2D eigenvalue weighted by Gasteiger charge is 2.04. The van der Waals surface area contributed by atoms with E-state index < -0.39 is 0 Å². The Morgan fingerprint density at radius 1 is 1.08 bits per heavy atom. The van der Waals surface area contributed by atoms with Crippen molar-refractivity contribution in [2.24, 2.45) is 5.10 Å². The van der Waals surface area contributed by atoms with Crippen LogP contribution in [-0.2, 0) is 6.61 Å². The van der Waals surface area contributed by atoms with Gasteiger partial charge in [-0.05, 0) is 42.0 Å². The van der Waals surface area contributed by atoms with E-state index in [1.807, 2.05) is 18.2 Å². The molecular formula is C20H16FN3O2. The lowest BCUT2D eigenvalue weighted by Crippen LogP contribution is -2.17. The summed E-state index contributed by atoms with van der Waals surface area (Å²) in [6.45, 7) is 0.300. The van der Waals surface area contributed by atoms with Crippen LogP contribution in [0.25, 0.3) is 0 Å². The van der Waals surface area contributed by atoms with Gasteiger partial charge in [0.15, 0.2) is 0 Å². The van der Waals surface area contributed by atoms with Crippen LogP contribution in [0.2, 0.25) is 0 Å². The molecule has 1 amide bonds. The molecule has 0 aliphatic heterocycles. The quantitative estimate of drug-likeness (QED) is 0.547. The molecule has 0 atom stereocenters. The Kier molecular flexibility index (Phi) is 5.67. The Labute approximate surface area is 150 Å². The number of para-hydroxylation sites is 1. The first-order valence-corrected chi connectivity index (χ1v) is 7.92. The molecule has 0 aliphatic carbocycles. The van der Waals surface area contributed by atoms with Gasteiger partial charge in [0.05, 0.1) is 6.21 Å². The van der Waals surface area contributed by atoms with Crippen LogP contribution in [0.3, 0.4) is 0 Å². The molecule has 1 heterocycles. The number of rotatable bonds is 6. The van der Waals surface area contributed by atoms with Crippen molar-refractivity contribution in [3.05, 3.63) is 95.6 Å². The van der Waals surface area contributed by atoms with E-state index in [1.54, 1.807) is 30.3 Å². The fourth-order valence-electron chi connectivity index (χ4n) is 2.19. The minimum absolute atomic E-state index is 0.286. The van der Waals surface area contributed by atoms with Crippen LogP contribution in [0.5, 0.6) is 5.75 Å². The maximum atomic E-state index is 12.9.